The van der Waals surface area contributed by atoms with Crippen LogP contribution in [0.5, 0.6) is 0 Å². The molecule has 0 aliphatic carbocycles. The van der Waals surface area contributed by atoms with Crippen molar-refractivity contribution >= 4 is 28.4 Å². The fourth-order valence-electron chi connectivity index (χ4n) is 4.12. The number of fused-ring (bicyclic) bond motifs is 1. The highest BCUT2D eigenvalue weighted by atomic mass is 19.1. The van der Waals surface area contributed by atoms with Crippen molar-refractivity contribution in [1.29, 1.82) is 0 Å². The van der Waals surface area contributed by atoms with Crippen LogP contribution >= 0.6 is 0 Å². The van der Waals surface area contributed by atoms with Gasteiger partial charge in [-0.2, -0.15) is 0 Å². The van der Waals surface area contributed by atoms with E-state index in [0.717, 1.165) is 16.6 Å². The van der Waals surface area contributed by atoms with E-state index in [4.69, 9.17) is 0 Å². The SMILES string of the molecule is CC(C)CCNC(=O)Cc1ccc(-n2c(=O)c3ccccc3n(CC(=O)Nc3cccc(F)c3)c2=O)cc1. The molecule has 0 radical (unpaired) electrons. The predicted octanol–water partition coefficient (Wildman–Crippen LogP) is 3.64. The van der Waals surface area contributed by atoms with Gasteiger partial charge in [0, 0.05) is 12.2 Å². The molecule has 2 amide bonds. The first kappa shape index (κ1) is 26.5. The third-order valence-corrected chi connectivity index (χ3v) is 6.06. The second-order valence-corrected chi connectivity index (χ2v) is 9.46. The molecular formula is C29H29FN4O4. The van der Waals surface area contributed by atoms with Crippen LogP contribution in [0.2, 0.25) is 0 Å². The lowest BCUT2D eigenvalue weighted by Gasteiger charge is -2.14. The van der Waals surface area contributed by atoms with Crippen molar-refractivity contribution in [2.75, 3.05) is 11.9 Å². The van der Waals surface area contributed by atoms with Gasteiger partial charge >= 0.3 is 5.69 Å². The van der Waals surface area contributed by atoms with Crippen LogP contribution in [0.4, 0.5) is 10.1 Å². The topological polar surface area (TPSA) is 102 Å². The first-order valence-corrected chi connectivity index (χ1v) is 12.4. The minimum atomic E-state index is -0.692. The normalized spacial score (nSPS) is 11.1. The molecule has 0 spiro atoms. The van der Waals surface area contributed by atoms with Crippen molar-refractivity contribution in [2.24, 2.45) is 5.92 Å². The van der Waals surface area contributed by atoms with Crippen LogP contribution in [-0.4, -0.2) is 27.5 Å². The number of carbonyl (C=O) groups is 2. The summed E-state index contributed by atoms with van der Waals surface area (Å²) >= 11 is 0. The van der Waals surface area contributed by atoms with Crippen molar-refractivity contribution in [3.63, 3.8) is 0 Å². The van der Waals surface area contributed by atoms with Gasteiger partial charge in [-0.3, -0.25) is 19.0 Å². The van der Waals surface area contributed by atoms with Gasteiger partial charge in [0.05, 0.1) is 23.0 Å². The van der Waals surface area contributed by atoms with E-state index >= 15 is 0 Å². The molecule has 1 heterocycles. The van der Waals surface area contributed by atoms with E-state index in [1.54, 1.807) is 48.5 Å². The van der Waals surface area contributed by atoms with Crippen LogP contribution in [0.25, 0.3) is 16.6 Å². The zero-order valence-electron chi connectivity index (χ0n) is 21.2. The van der Waals surface area contributed by atoms with E-state index in [1.807, 2.05) is 0 Å². The number of benzene rings is 3. The molecule has 196 valence electrons. The Labute approximate surface area is 218 Å². The molecule has 0 unspecified atom stereocenters. The van der Waals surface area contributed by atoms with Crippen LogP contribution in [0.3, 0.4) is 0 Å². The number of rotatable bonds is 9. The highest BCUT2D eigenvalue weighted by molar-refractivity contribution is 5.91. The van der Waals surface area contributed by atoms with E-state index in [-0.39, 0.29) is 29.9 Å². The lowest BCUT2D eigenvalue weighted by atomic mass is 10.1. The number of nitrogens with zero attached hydrogens (tertiary/aromatic N) is 2. The number of aromatic nitrogens is 2. The number of hydrogen-bond donors (Lipinski definition) is 2. The van der Waals surface area contributed by atoms with E-state index in [9.17, 15) is 23.6 Å². The standard InChI is InChI=1S/C29H29FN4O4/c1-19(2)14-15-31-26(35)16-20-10-12-23(13-11-20)34-28(37)24-8-3-4-9-25(24)33(29(34)38)18-27(36)32-22-7-5-6-21(30)17-22/h3-13,17,19H,14-16,18H2,1-2H3,(H,31,35)(H,32,36). The largest absolute Gasteiger partial charge is 0.356 e. The molecule has 4 aromatic rings. The van der Waals surface area contributed by atoms with E-state index < -0.39 is 23.0 Å². The highest BCUT2D eigenvalue weighted by Crippen LogP contribution is 2.13. The zero-order valence-corrected chi connectivity index (χ0v) is 21.2. The molecule has 0 aliphatic rings. The molecular weight excluding hydrogens is 487 g/mol. The lowest BCUT2D eigenvalue weighted by molar-refractivity contribution is -0.120. The molecule has 0 atom stereocenters. The molecule has 0 aliphatic heterocycles. The maximum absolute atomic E-state index is 13.5. The molecule has 0 bridgehead atoms. The smallest absolute Gasteiger partial charge is 0.336 e. The quantitative estimate of drug-likeness (QED) is 0.355. The molecule has 3 aromatic carbocycles. The lowest BCUT2D eigenvalue weighted by Crippen LogP contribution is -2.40. The van der Waals surface area contributed by atoms with Crippen LogP contribution in [0.1, 0.15) is 25.8 Å². The average Bonchev–Trinajstić information content (AvgIpc) is 2.87. The van der Waals surface area contributed by atoms with E-state index in [1.165, 1.54) is 28.8 Å². The summed E-state index contributed by atoms with van der Waals surface area (Å²) in [6.45, 7) is 4.40. The average molecular weight is 517 g/mol. The Morgan fingerprint density at radius 3 is 2.37 bits per heavy atom. The zero-order chi connectivity index (χ0) is 27.2. The monoisotopic (exact) mass is 516 g/mol. The summed E-state index contributed by atoms with van der Waals surface area (Å²) in [5, 5.41) is 5.73. The summed E-state index contributed by atoms with van der Waals surface area (Å²) < 4.78 is 15.7. The summed E-state index contributed by atoms with van der Waals surface area (Å²) in [6, 6.07) is 18.6. The fourth-order valence-corrected chi connectivity index (χ4v) is 4.12. The molecule has 8 nitrogen and oxygen atoms in total. The summed E-state index contributed by atoms with van der Waals surface area (Å²) in [5.41, 5.74) is 0.398. The minimum absolute atomic E-state index is 0.104. The maximum Gasteiger partial charge on any atom is 0.336 e. The number of para-hydroxylation sites is 1. The Bertz CT molecular complexity index is 1590. The Morgan fingerprint density at radius 1 is 0.921 bits per heavy atom. The van der Waals surface area contributed by atoms with Crippen LogP contribution < -0.4 is 21.9 Å². The molecule has 1 aromatic heterocycles. The van der Waals surface area contributed by atoms with E-state index in [0.29, 0.717) is 23.7 Å². The first-order valence-electron chi connectivity index (χ1n) is 12.4. The van der Waals surface area contributed by atoms with Gasteiger partial charge in [0.15, 0.2) is 0 Å². The second kappa shape index (κ2) is 11.7. The molecule has 38 heavy (non-hydrogen) atoms. The molecule has 0 fully saturated rings. The van der Waals surface area contributed by atoms with Crippen molar-refractivity contribution in [1.82, 2.24) is 14.5 Å². The number of nitrogens with one attached hydrogen (secondary N) is 2. The number of halogens is 1. The van der Waals surface area contributed by atoms with Crippen LogP contribution in [-0.2, 0) is 22.6 Å². The van der Waals surface area contributed by atoms with Crippen molar-refractivity contribution in [3.05, 3.63) is 105 Å². The molecule has 0 saturated carbocycles. The highest BCUT2D eigenvalue weighted by Gasteiger charge is 2.17. The summed E-state index contributed by atoms with van der Waals surface area (Å²) in [4.78, 5) is 51.8. The first-order chi connectivity index (χ1) is 18.2. The van der Waals surface area contributed by atoms with Gasteiger partial charge < -0.3 is 10.6 Å². The molecule has 4 rings (SSSR count). The Kier molecular flexibility index (Phi) is 8.15. The predicted molar refractivity (Wildman–Crippen MR) is 145 cm³/mol. The Balaban J connectivity index is 1.63. The number of anilines is 1. The summed E-state index contributed by atoms with van der Waals surface area (Å²) in [7, 11) is 0. The molecule has 9 heteroatoms. The Morgan fingerprint density at radius 2 is 1.66 bits per heavy atom. The van der Waals surface area contributed by atoms with Gasteiger partial charge in [-0.15, -0.1) is 0 Å². The minimum Gasteiger partial charge on any atom is -0.356 e. The Hall–Kier alpha value is -4.53. The van der Waals surface area contributed by atoms with Gasteiger partial charge in [0.1, 0.15) is 12.4 Å². The van der Waals surface area contributed by atoms with Crippen molar-refractivity contribution < 1.29 is 14.0 Å². The third-order valence-electron chi connectivity index (χ3n) is 6.06. The van der Waals surface area contributed by atoms with Gasteiger partial charge in [-0.25, -0.2) is 13.8 Å². The summed E-state index contributed by atoms with van der Waals surface area (Å²) in [5.74, 6) is -0.665. The number of carbonyl (C=O) groups excluding carboxylic acids is 2. The maximum atomic E-state index is 13.5. The molecule has 2 N–H and O–H groups in total. The van der Waals surface area contributed by atoms with Gasteiger partial charge in [-0.1, -0.05) is 44.2 Å². The van der Waals surface area contributed by atoms with Crippen LogP contribution in [0.15, 0.2) is 82.4 Å². The molecule has 0 saturated heterocycles. The van der Waals surface area contributed by atoms with Gasteiger partial charge in [-0.05, 0) is 60.4 Å². The summed E-state index contributed by atoms with van der Waals surface area (Å²) in [6.07, 6.45) is 1.07. The van der Waals surface area contributed by atoms with E-state index in [2.05, 4.69) is 24.5 Å². The van der Waals surface area contributed by atoms with Gasteiger partial charge in [0.25, 0.3) is 5.56 Å². The van der Waals surface area contributed by atoms with Crippen LogP contribution in [0, 0.1) is 11.7 Å². The van der Waals surface area contributed by atoms with Gasteiger partial charge in [0.2, 0.25) is 11.8 Å². The third kappa shape index (κ3) is 6.23. The second-order valence-electron chi connectivity index (χ2n) is 9.46. The number of hydrogen-bond acceptors (Lipinski definition) is 4. The fraction of sp³-hybridized carbons (Fsp3) is 0.241. The van der Waals surface area contributed by atoms with Crippen molar-refractivity contribution in [2.45, 2.75) is 33.2 Å². The van der Waals surface area contributed by atoms with Crippen molar-refractivity contribution in [3.8, 4) is 5.69 Å². The number of amides is 2.